The van der Waals surface area contributed by atoms with Crippen LogP contribution in [0.25, 0.3) is 0 Å². The molecule has 1 atom stereocenters. The Bertz CT molecular complexity index is 2390. The minimum atomic E-state index is -2.71. The maximum atomic E-state index is 13.2. The average Bonchev–Trinajstić information content (AvgIpc) is 3.49. The molecule has 0 saturated carbocycles. The fourth-order valence-corrected chi connectivity index (χ4v) is 7.44. The third-order valence-electron chi connectivity index (χ3n) is 10.1. The topological polar surface area (TPSA) is 229 Å². The van der Waals surface area contributed by atoms with Crippen molar-refractivity contribution in [2.24, 2.45) is 0 Å². The fraction of sp³-hybridized carbons (Fsp3) is 0.300. The van der Waals surface area contributed by atoms with Crippen molar-refractivity contribution in [3.05, 3.63) is 89.6 Å². The van der Waals surface area contributed by atoms with Gasteiger partial charge < -0.3 is 30.5 Å². The maximum Gasteiger partial charge on any atom is 0.266 e. The monoisotopic (exact) mass is 823 g/mol. The highest BCUT2D eigenvalue weighted by Crippen LogP contribution is 2.34. The summed E-state index contributed by atoms with van der Waals surface area (Å²) in [4.78, 5) is 89.7. The molecule has 4 heterocycles. The van der Waals surface area contributed by atoms with Gasteiger partial charge in [-0.3, -0.25) is 39.0 Å². The highest BCUT2D eigenvalue weighted by Gasteiger charge is 2.46. The van der Waals surface area contributed by atoms with E-state index < -0.39 is 52.9 Å². The van der Waals surface area contributed by atoms with Crippen molar-refractivity contribution in [3.63, 3.8) is 0 Å². The van der Waals surface area contributed by atoms with Gasteiger partial charge in [-0.25, -0.2) is 13.4 Å². The number of benzene rings is 3. The van der Waals surface area contributed by atoms with Crippen LogP contribution in [0, 0.1) is 6.92 Å². The molecule has 3 aliphatic heterocycles. The number of imide groups is 2. The lowest BCUT2D eigenvalue weighted by Gasteiger charge is -2.36. The molecule has 2 saturated heterocycles. The van der Waals surface area contributed by atoms with Gasteiger partial charge in [-0.2, -0.15) is 4.98 Å². The molecule has 1 aromatic heterocycles. The van der Waals surface area contributed by atoms with Crippen LogP contribution in [0.4, 0.5) is 28.8 Å². The Kier molecular flexibility index (Phi) is 12.1. The molecule has 0 radical (unpaired) electrons. The molecule has 59 heavy (non-hydrogen) atoms. The lowest BCUT2D eigenvalue weighted by molar-refractivity contribution is -0.136. The molecule has 0 bridgehead atoms. The minimum absolute atomic E-state index is 0.00329. The third-order valence-corrected chi connectivity index (χ3v) is 10.8. The molecule has 3 aromatic carbocycles. The van der Waals surface area contributed by atoms with E-state index in [1.165, 1.54) is 30.3 Å². The van der Waals surface area contributed by atoms with Crippen LogP contribution in [0.5, 0.6) is 5.75 Å². The summed E-state index contributed by atoms with van der Waals surface area (Å²) >= 11 is 0. The van der Waals surface area contributed by atoms with Gasteiger partial charge in [0.1, 0.15) is 17.6 Å². The molecular formula is C40H41N9O9S. The number of ether oxygens (including phenoxy) is 1. The van der Waals surface area contributed by atoms with Crippen molar-refractivity contribution in [3.8, 4) is 5.75 Å². The van der Waals surface area contributed by atoms with Crippen molar-refractivity contribution in [1.29, 1.82) is 0 Å². The van der Waals surface area contributed by atoms with Crippen LogP contribution in [0.1, 0.15) is 52.0 Å². The summed E-state index contributed by atoms with van der Waals surface area (Å²) in [6, 6.07) is 17.6. The zero-order valence-corrected chi connectivity index (χ0v) is 32.8. The predicted octanol–water partition coefficient (Wildman–Crippen LogP) is 2.27. The number of nitrogens with one attached hydrogen (secondary N) is 4. The van der Waals surface area contributed by atoms with Crippen molar-refractivity contribution in [2.45, 2.75) is 43.5 Å². The molecule has 3 aliphatic rings. The van der Waals surface area contributed by atoms with Gasteiger partial charge in [-0.1, -0.05) is 12.1 Å². The Hall–Kier alpha value is -6.89. The molecule has 18 nitrogen and oxygen atoms in total. The number of piperidine rings is 1. The van der Waals surface area contributed by atoms with E-state index in [0.717, 1.165) is 21.8 Å². The molecule has 2 fully saturated rings. The van der Waals surface area contributed by atoms with E-state index >= 15 is 0 Å². The first-order valence-electron chi connectivity index (χ1n) is 18.9. The van der Waals surface area contributed by atoms with Gasteiger partial charge in [0.05, 0.1) is 16.0 Å². The summed E-state index contributed by atoms with van der Waals surface area (Å²) in [5.41, 5.74) is 3.15. The van der Waals surface area contributed by atoms with Crippen molar-refractivity contribution >= 4 is 75.0 Å². The van der Waals surface area contributed by atoms with Crippen LogP contribution >= 0.6 is 0 Å². The average molecular weight is 824 g/mol. The number of rotatable bonds is 14. The summed E-state index contributed by atoms with van der Waals surface area (Å²) in [5, 5.41) is 11.2. The van der Waals surface area contributed by atoms with Crippen LogP contribution in [-0.4, -0.2) is 109 Å². The number of anilines is 5. The molecular weight excluding hydrogens is 783 g/mol. The van der Waals surface area contributed by atoms with Crippen molar-refractivity contribution in [2.75, 3.05) is 54.9 Å². The highest BCUT2D eigenvalue weighted by atomic mass is 32.2. The van der Waals surface area contributed by atoms with E-state index in [0.29, 0.717) is 50.1 Å². The Balaban J connectivity index is 0.820. The number of fused-ring (bicyclic) bond motifs is 1. The van der Waals surface area contributed by atoms with Gasteiger partial charge in [0.15, 0.2) is 17.3 Å². The summed E-state index contributed by atoms with van der Waals surface area (Å²) in [7, 11) is -2.71. The van der Waals surface area contributed by atoms with Crippen molar-refractivity contribution in [1.82, 2.24) is 30.4 Å². The van der Waals surface area contributed by atoms with Crippen LogP contribution in [-0.2, 0) is 29.9 Å². The largest absolute Gasteiger partial charge is 0.483 e. The summed E-state index contributed by atoms with van der Waals surface area (Å²) < 4.78 is 28.4. The number of thiol groups is 1. The second-order valence-electron chi connectivity index (χ2n) is 14.1. The van der Waals surface area contributed by atoms with Crippen LogP contribution in [0.15, 0.2) is 77.8 Å². The minimum Gasteiger partial charge on any atom is -0.483 e. The number of aryl methyl sites for hydroxylation is 1. The van der Waals surface area contributed by atoms with E-state index in [1.54, 1.807) is 23.2 Å². The third kappa shape index (κ3) is 9.30. The lowest BCUT2D eigenvalue weighted by Crippen LogP contribution is -2.54. The van der Waals surface area contributed by atoms with Gasteiger partial charge in [-0.05, 0) is 74.4 Å². The van der Waals surface area contributed by atoms with Crippen molar-refractivity contribution < 1.29 is 41.9 Å². The lowest BCUT2D eigenvalue weighted by atomic mass is 10.0. The molecule has 306 valence electrons. The fourth-order valence-electron chi connectivity index (χ4n) is 6.99. The number of nitrogens with zero attached hydrogens (tertiary/aromatic N) is 5. The van der Waals surface area contributed by atoms with Gasteiger partial charge in [0, 0.05) is 74.4 Å². The number of carbonyl (C=O) groups excluding carboxylic acids is 6. The SMILES string of the molecule is Cc1cnc(Nc2ccc(N3CCN(C(=O)CCCNC(=O)COc4cccc5c4C(=O)N(C4CCC(=O)NC4=O)C5=O)CC3)cc2)nc1Nc1cccc([SH](=O)=O)c1. The van der Waals surface area contributed by atoms with E-state index in [2.05, 4.69) is 36.1 Å². The van der Waals surface area contributed by atoms with E-state index in [-0.39, 0.29) is 53.5 Å². The molecule has 19 heteroatoms. The smallest absolute Gasteiger partial charge is 0.266 e. The molecule has 4 aromatic rings. The molecule has 7 rings (SSSR count). The first-order chi connectivity index (χ1) is 28.4. The Morgan fingerprint density at radius 3 is 2.42 bits per heavy atom. The number of carbonyl (C=O) groups is 6. The Morgan fingerprint density at radius 2 is 1.68 bits per heavy atom. The first kappa shape index (κ1) is 40.3. The standard InChI is InChI=1S/C40H41N9O9S/c1-24-22-42-40(46-36(24)43-26-5-2-6-28(21-26)59(56)57)44-25-10-12-27(13-11-25)47-17-19-48(20-18-47)34(52)9-4-16-41-33(51)23-58-31-8-3-7-29-35(31)39(55)49(38(29)54)30-14-15-32(50)45-37(30)53/h2-3,5-8,10-13,21-22,30,59H,4,9,14-20,23H2,1H3,(H,41,51)(H,45,50,53)(H2,42,43,44,46). The van der Waals surface area contributed by atoms with E-state index in [1.807, 2.05) is 31.2 Å². The number of aromatic nitrogens is 2. The summed E-state index contributed by atoms with van der Waals surface area (Å²) in [6.07, 6.45) is 2.34. The number of hydrogen-bond donors (Lipinski definition) is 5. The van der Waals surface area contributed by atoms with Crippen LogP contribution in [0.2, 0.25) is 0 Å². The summed E-state index contributed by atoms with van der Waals surface area (Å²) in [6.45, 7) is 4.03. The van der Waals surface area contributed by atoms with Crippen LogP contribution in [0.3, 0.4) is 0 Å². The van der Waals surface area contributed by atoms with E-state index in [4.69, 9.17) is 4.74 Å². The molecule has 6 amide bonds. The van der Waals surface area contributed by atoms with Gasteiger partial charge in [0.25, 0.3) is 17.7 Å². The zero-order valence-electron chi connectivity index (χ0n) is 31.9. The number of piperazine rings is 1. The van der Waals surface area contributed by atoms with Gasteiger partial charge in [-0.15, -0.1) is 0 Å². The maximum absolute atomic E-state index is 13.2. The molecule has 0 spiro atoms. The second kappa shape index (κ2) is 17.7. The quantitative estimate of drug-likeness (QED) is 0.0699. The van der Waals surface area contributed by atoms with Crippen LogP contribution < -0.4 is 30.9 Å². The first-order valence-corrected chi connectivity index (χ1v) is 20.1. The normalized spacial score (nSPS) is 16.5. The molecule has 0 aliphatic carbocycles. The predicted molar refractivity (Wildman–Crippen MR) is 214 cm³/mol. The second-order valence-corrected chi connectivity index (χ2v) is 15.1. The Morgan fingerprint density at radius 1 is 0.915 bits per heavy atom. The molecule has 1 unspecified atom stereocenters. The Labute approximate surface area is 340 Å². The van der Waals surface area contributed by atoms with E-state index in [9.17, 15) is 37.2 Å². The van der Waals surface area contributed by atoms with Gasteiger partial charge in [0.2, 0.25) is 23.7 Å². The highest BCUT2D eigenvalue weighted by molar-refractivity contribution is 7.72. The number of hydrogen-bond acceptors (Lipinski definition) is 14. The van der Waals surface area contributed by atoms with Gasteiger partial charge >= 0.3 is 0 Å². The summed E-state index contributed by atoms with van der Waals surface area (Å²) in [5.74, 6) is -2.16. The molecule has 4 N–H and O–H groups in total. The zero-order chi connectivity index (χ0) is 41.6. The number of amides is 6.